The number of hydrogen-bond donors (Lipinski definition) is 2. The van der Waals surface area contributed by atoms with Gasteiger partial charge in [0.2, 0.25) is 18.6 Å². The normalized spacial score (nSPS) is 15.5. The number of fused-ring (bicyclic) bond motifs is 1. The SMILES string of the molecule is CC(C)(C)OC(=O)Nc1ccc(CC(=O)N2CCC(C(=O)Nc3ccc4c(c3)OCO4)CC2)cc1. The number of nitrogens with zero attached hydrogens (tertiary/aromatic N) is 1. The molecule has 9 nitrogen and oxygen atoms in total. The van der Waals surface area contributed by atoms with Crippen LogP contribution in [-0.4, -0.2) is 48.3 Å². The molecule has 3 amide bonds. The van der Waals surface area contributed by atoms with Crippen LogP contribution in [0.2, 0.25) is 0 Å². The van der Waals surface area contributed by atoms with E-state index in [2.05, 4.69) is 10.6 Å². The van der Waals surface area contributed by atoms with Crippen molar-refractivity contribution in [3.05, 3.63) is 48.0 Å². The van der Waals surface area contributed by atoms with Gasteiger partial charge in [-0.3, -0.25) is 14.9 Å². The highest BCUT2D eigenvalue weighted by atomic mass is 16.7. The van der Waals surface area contributed by atoms with Crippen LogP contribution in [0.25, 0.3) is 0 Å². The Morgan fingerprint density at radius 3 is 2.29 bits per heavy atom. The smallest absolute Gasteiger partial charge is 0.412 e. The van der Waals surface area contributed by atoms with Crippen LogP contribution in [0, 0.1) is 5.92 Å². The second-order valence-electron chi connectivity index (χ2n) is 9.71. The summed E-state index contributed by atoms with van der Waals surface area (Å²) in [5, 5.41) is 5.62. The van der Waals surface area contributed by atoms with Crippen LogP contribution in [0.1, 0.15) is 39.2 Å². The maximum absolute atomic E-state index is 12.8. The Morgan fingerprint density at radius 2 is 1.60 bits per heavy atom. The molecule has 35 heavy (non-hydrogen) atoms. The Hall–Kier alpha value is -3.75. The molecule has 0 atom stereocenters. The van der Waals surface area contributed by atoms with E-state index >= 15 is 0 Å². The van der Waals surface area contributed by atoms with Crippen LogP contribution in [0.15, 0.2) is 42.5 Å². The average molecular weight is 482 g/mol. The lowest BCUT2D eigenvalue weighted by atomic mass is 9.95. The number of benzene rings is 2. The summed E-state index contributed by atoms with van der Waals surface area (Å²) in [5.41, 5.74) is 1.55. The molecule has 2 aromatic rings. The number of ether oxygens (including phenoxy) is 3. The van der Waals surface area contributed by atoms with Crippen molar-refractivity contribution in [3.63, 3.8) is 0 Å². The lowest BCUT2D eigenvalue weighted by molar-refractivity contribution is -0.133. The van der Waals surface area contributed by atoms with Crippen LogP contribution in [0.5, 0.6) is 11.5 Å². The fourth-order valence-electron chi connectivity index (χ4n) is 4.02. The van der Waals surface area contributed by atoms with E-state index in [1.54, 1.807) is 56.0 Å². The highest BCUT2D eigenvalue weighted by Crippen LogP contribution is 2.34. The maximum atomic E-state index is 12.8. The Morgan fingerprint density at radius 1 is 0.943 bits per heavy atom. The minimum atomic E-state index is -0.573. The summed E-state index contributed by atoms with van der Waals surface area (Å²) < 4.78 is 15.9. The Bertz CT molecular complexity index is 1090. The Labute approximate surface area is 204 Å². The predicted octanol–water partition coefficient (Wildman–Crippen LogP) is 4.18. The zero-order valence-electron chi connectivity index (χ0n) is 20.3. The number of likely N-dealkylation sites (tertiary alicyclic amines) is 1. The van der Waals surface area contributed by atoms with E-state index in [1.165, 1.54) is 0 Å². The maximum Gasteiger partial charge on any atom is 0.412 e. The molecule has 0 radical (unpaired) electrons. The lowest BCUT2D eigenvalue weighted by Gasteiger charge is -2.31. The highest BCUT2D eigenvalue weighted by molar-refractivity contribution is 5.93. The van der Waals surface area contributed by atoms with Crippen molar-refractivity contribution in [2.24, 2.45) is 5.92 Å². The summed E-state index contributed by atoms with van der Waals surface area (Å²) in [4.78, 5) is 39.2. The molecule has 0 unspecified atom stereocenters. The van der Waals surface area contributed by atoms with Gasteiger partial charge in [0.05, 0.1) is 6.42 Å². The molecule has 0 spiro atoms. The van der Waals surface area contributed by atoms with Crippen molar-refractivity contribution in [3.8, 4) is 11.5 Å². The lowest BCUT2D eigenvalue weighted by Crippen LogP contribution is -2.42. The summed E-state index contributed by atoms with van der Waals surface area (Å²) in [6.45, 7) is 6.67. The molecule has 0 aliphatic carbocycles. The highest BCUT2D eigenvalue weighted by Gasteiger charge is 2.28. The summed E-state index contributed by atoms with van der Waals surface area (Å²) >= 11 is 0. The molecule has 2 aliphatic rings. The molecule has 0 aromatic heterocycles. The average Bonchev–Trinajstić information content (AvgIpc) is 3.27. The van der Waals surface area contributed by atoms with Gasteiger partial charge in [-0.15, -0.1) is 0 Å². The van der Waals surface area contributed by atoms with Gasteiger partial charge in [-0.05, 0) is 63.4 Å². The van der Waals surface area contributed by atoms with E-state index in [0.29, 0.717) is 48.8 Å². The third-order valence-corrected chi connectivity index (χ3v) is 5.81. The molecule has 1 saturated heterocycles. The number of piperidine rings is 1. The van der Waals surface area contributed by atoms with E-state index in [9.17, 15) is 14.4 Å². The van der Waals surface area contributed by atoms with Crippen molar-refractivity contribution >= 4 is 29.3 Å². The summed E-state index contributed by atoms with van der Waals surface area (Å²) in [7, 11) is 0. The molecule has 2 aromatic carbocycles. The van der Waals surface area contributed by atoms with Gasteiger partial charge in [0, 0.05) is 36.4 Å². The van der Waals surface area contributed by atoms with Gasteiger partial charge in [-0.2, -0.15) is 0 Å². The molecular formula is C26H31N3O6. The molecule has 186 valence electrons. The first-order chi connectivity index (χ1) is 16.7. The number of amides is 3. The van der Waals surface area contributed by atoms with Crippen LogP contribution in [-0.2, 0) is 20.7 Å². The number of carbonyl (C=O) groups excluding carboxylic acids is 3. The van der Waals surface area contributed by atoms with E-state index < -0.39 is 11.7 Å². The van der Waals surface area contributed by atoms with E-state index in [0.717, 1.165) is 5.56 Å². The second kappa shape index (κ2) is 10.2. The van der Waals surface area contributed by atoms with Gasteiger partial charge < -0.3 is 24.4 Å². The predicted molar refractivity (Wildman–Crippen MR) is 131 cm³/mol. The van der Waals surface area contributed by atoms with E-state index in [4.69, 9.17) is 14.2 Å². The van der Waals surface area contributed by atoms with Crippen molar-refractivity contribution in [1.29, 1.82) is 0 Å². The topological polar surface area (TPSA) is 106 Å². The van der Waals surface area contributed by atoms with Gasteiger partial charge in [0.15, 0.2) is 11.5 Å². The molecular weight excluding hydrogens is 450 g/mol. The first-order valence-corrected chi connectivity index (χ1v) is 11.7. The summed E-state index contributed by atoms with van der Waals surface area (Å²) in [6.07, 6.45) is 0.967. The summed E-state index contributed by atoms with van der Waals surface area (Å²) in [5.74, 6) is 1.11. The quantitative estimate of drug-likeness (QED) is 0.664. The van der Waals surface area contributed by atoms with E-state index in [1.807, 2.05) is 12.1 Å². The fourth-order valence-corrected chi connectivity index (χ4v) is 4.02. The van der Waals surface area contributed by atoms with Crippen LogP contribution >= 0.6 is 0 Å². The molecule has 2 aliphatic heterocycles. The first-order valence-electron chi connectivity index (χ1n) is 11.7. The molecule has 1 fully saturated rings. The van der Waals surface area contributed by atoms with Gasteiger partial charge >= 0.3 is 6.09 Å². The number of nitrogens with one attached hydrogen (secondary N) is 2. The number of hydrogen-bond acceptors (Lipinski definition) is 6. The molecule has 2 heterocycles. The second-order valence-corrected chi connectivity index (χ2v) is 9.71. The Kier molecular flexibility index (Phi) is 7.14. The molecule has 9 heteroatoms. The standard InChI is InChI=1S/C26H31N3O6/c1-26(2,3)35-25(32)28-19-6-4-17(5-7-19)14-23(30)29-12-10-18(11-13-29)24(31)27-20-8-9-21-22(15-20)34-16-33-21/h4-9,15,18H,10-14,16H2,1-3H3,(H,27,31)(H,28,32). The van der Waals surface area contributed by atoms with Crippen molar-refractivity contribution in [2.45, 2.75) is 45.6 Å². The van der Waals surface area contributed by atoms with Crippen LogP contribution in [0.3, 0.4) is 0 Å². The first kappa shape index (κ1) is 24.4. The fraction of sp³-hybridized carbons (Fsp3) is 0.423. The third-order valence-electron chi connectivity index (χ3n) is 5.81. The van der Waals surface area contributed by atoms with Crippen LogP contribution < -0.4 is 20.1 Å². The zero-order chi connectivity index (χ0) is 25.0. The number of carbonyl (C=O) groups is 3. The molecule has 2 N–H and O–H groups in total. The van der Waals surface area contributed by atoms with Gasteiger partial charge in [0.1, 0.15) is 5.60 Å². The molecule has 4 rings (SSSR count). The molecule has 0 saturated carbocycles. The van der Waals surface area contributed by atoms with Gasteiger partial charge in [0.25, 0.3) is 0 Å². The van der Waals surface area contributed by atoms with Crippen molar-refractivity contribution < 1.29 is 28.6 Å². The largest absolute Gasteiger partial charge is 0.454 e. The van der Waals surface area contributed by atoms with Gasteiger partial charge in [-0.25, -0.2) is 4.79 Å². The minimum Gasteiger partial charge on any atom is -0.454 e. The van der Waals surface area contributed by atoms with E-state index in [-0.39, 0.29) is 30.9 Å². The minimum absolute atomic E-state index is 0.0208. The third kappa shape index (κ3) is 6.65. The van der Waals surface area contributed by atoms with Crippen molar-refractivity contribution in [2.75, 3.05) is 30.5 Å². The Balaban J connectivity index is 1.22. The zero-order valence-corrected chi connectivity index (χ0v) is 20.3. The van der Waals surface area contributed by atoms with Crippen LogP contribution in [0.4, 0.5) is 16.2 Å². The van der Waals surface area contributed by atoms with Gasteiger partial charge in [-0.1, -0.05) is 12.1 Å². The number of anilines is 2. The molecule has 0 bridgehead atoms. The summed E-state index contributed by atoms with van der Waals surface area (Å²) in [6, 6.07) is 12.5. The van der Waals surface area contributed by atoms with Crippen molar-refractivity contribution in [1.82, 2.24) is 4.90 Å². The monoisotopic (exact) mass is 481 g/mol. The number of rotatable bonds is 5.